The molecule has 0 atom stereocenters. The molecule has 4 aromatic rings. The summed E-state index contributed by atoms with van der Waals surface area (Å²) < 4.78 is 7.03. The van der Waals surface area contributed by atoms with Crippen molar-refractivity contribution < 1.29 is 14.3 Å². The lowest BCUT2D eigenvalue weighted by Crippen LogP contribution is -2.24. The molecule has 9 heteroatoms. The van der Waals surface area contributed by atoms with E-state index in [-0.39, 0.29) is 24.1 Å². The van der Waals surface area contributed by atoms with Crippen LogP contribution in [0.25, 0.3) is 5.69 Å². The van der Waals surface area contributed by atoms with Crippen LogP contribution >= 0.6 is 11.8 Å². The molecule has 0 saturated heterocycles. The SMILES string of the molecule is COc1ccc(C(=O)NCc2nnc(SCC(=O)Nc3cccc(C)c3C)n2-c2cccc(C)c2)cc1. The van der Waals surface area contributed by atoms with Gasteiger partial charge in [-0.2, -0.15) is 0 Å². The van der Waals surface area contributed by atoms with Crippen molar-refractivity contribution in [2.24, 2.45) is 0 Å². The Balaban J connectivity index is 1.50. The van der Waals surface area contributed by atoms with Gasteiger partial charge in [0.25, 0.3) is 5.91 Å². The van der Waals surface area contributed by atoms with E-state index in [2.05, 4.69) is 20.8 Å². The van der Waals surface area contributed by atoms with Crippen LogP contribution in [0.2, 0.25) is 0 Å². The number of aromatic nitrogens is 3. The number of aryl methyl sites for hydroxylation is 2. The molecular formula is C28H29N5O3S. The second-order valence-electron chi connectivity index (χ2n) is 8.57. The second-order valence-corrected chi connectivity index (χ2v) is 9.51. The topological polar surface area (TPSA) is 98.1 Å². The summed E-state index contributed by atoms with van der Waals surface area (Å²) in [5.41, 5.74) is 5.40. The van der Waals surface area contributed by atoms with E-state index in [9.17, 15) is 9.59 Å². The van der Waals surface area contributed by atoms with Crippen molar-refractivity contribution in [2.45, 2.75) is 32.5 Å². The normalized spacial score (nSPS) is 10.7. The molecule has 3 aromatic carbocycles. The van der Waals surface area contributed by atoms with Crippen LogP contribution in [0, 0.1) is 20.8 Å². The summed E-state index contributed by atoms with van der Waals surface area (Å²) in [6, 6.07) is 20.6. The number of hydrogen-bond donors (Lipinski definition) is 2. The lowest BCUT2D eigenvalue weighted by atomic mass is 10.1. The van der Waals surface area contributed by atoms with Gasteiger partial charge in [-0.3, -0.25) is 14.2 Å². The molecule has 0 spiro atoms. The highest BCUT2D eigenvalue weighted by Gasteiger charge is 2.18. The Hall–Kier alpha value is -4.11. The fourth-order valence-electron chi connectivity index (χ4n) is 3.74. The number of ether oxygens (including phenoxy) is 1. The van der Waals surface area contributed by atoms with Crippen LogP contribution in [0.3, 0.4) is 0 Å². The van der Waals surface area contributed by atoms with Crippen LogP contribution in [0.4, 0.5) is 5.69 Å². The molecule has 0 aliphatic heterocycles. The van der Waals surface area contributed by atoms with E-state index in [0.717, 1.165) is 28.1 Å². The van der Waals surface area contributed by atoms with Gasteiger partial charge in [0.05, 0.1) is 19.4 Å². The van der Waals surface area contributed by atoms with Crippen LogP contribution in [0.5, 0.6) is 5.75 Å². The van der Waals surface area contributed by atoms with E-state index in [1.807, 2.05) is 67.8 Å². The molecule has 1 aromatic heterocycles. The summed E-state index contributed by atoms with van der Waals surface area (Å²) in [5, 5.41) is 15.1. The summed E-state index contributed by atoms with van der Waals surface area (Å²) in [5.74, 6) is 1.04. The number of nitrogens with one attached hydrogen (secondary N) is 2. The molecule has 0 bridgehead atoms. The van der Waals surface area contributed by atoms with E-state index in [0.29, 0.717) is 22.3 Å². The predicted octanol–water partition coefficient (Wildman–Crippen LogP) is 4.86. The molecule has 0 unspecified atom stereocenters. The van der Waals surface area contributed by atoms with Gasteiger partial charge < -0.3 is 15.4 Å². The molecule has 0 saturated carbocycles. The number of carbonyl (C=O) groups excluding carboxylic acids is 2. The van der Waals surface area contributed by atoms with Crippen LogP contribution in [0.1, 0.15) is 32.9 Å². The zero-order valence-electron chi connectivity index (χ0n) is 21.2. The van der Waals surface area contributed by atoms with E-state index in [1.54, 1.807) is 31.4 Å². The maximum Gasteiger partial charge on any atom is 0.251 e. The maximum absolute atomic E-state index is 12.7. The van der Waals surface area contributed by atoms with Crippen molar-refractivity contribution >= 4 is 29.3 Å². The number of rotatable bonds is 9. The van der Waals surface area contributed by atoms with Gasteiger partial charge in [-0.1, -0.05) is 36.0 Å². The third-order valence-corrected chi connectivity index (χ3v) is 6.86. The van der Waals surface area contributed by atoms with Crippen molar-refractivity contribution in [1.29, 1.82) is 0 Å². The van der Waals surface area contributed by atoms with Gasteiger partial charge in [-0.25, -0.2) is 0 Å². The van der Waals surface area contributed by atoms with Crippen molar-refractivity contribution in [3.63, 3.8) is 0 Å². The van der Waals surface area contributed by atoms with Crippen molar-refractivity contribution in [3.05, 3.63) is 94.8 Å². The smallest absolute Gasteiger partial charge is 0.251 e. The van der Waals surface area contributed by atoms with E-state index < -0.39 is 0 Å². The maximum atomic E-state index is 12.7. The Kier molecular flexibility index (Phi) is 8.25. The molecule has 2 N–H and O–H groups in total. The first kappa shape index (κ1) is 26.0. The van der Waals surface area contributed by atoms with Gasteiger partial charge in [0.2, 0.25) is 5.91 Å². The molecule has 2 amide bonds. The van der Waals surface area contributed by atoms with Gasteiger partial charge in [-0.05, 0) is 79.9 Å². The van der Waals surface area contributed by atoms with E-state index >= 15 is 0 Å². The number of anilines is 1. The second kappa shape index (κ2) is 11.7. The number of methoxy groups -OCH3 is 1. The predicted molar refractivity (Wildman–Crippen MR) is 146 cm³/mol. The molecule has 0 radical (unpaired) electrons. The molecule has 1 heterocycles. The first-order chi connectivity index (χ1) is 17.9. The van der Waals surface area contributed by atoms with Gasteiger partial charge in [0.15, 0.2) is 11.0 Å². The molecule has 8 nitrogen and oxygen atoms in total. The molecular weight excluding hydrogens is 486 g/mol. The Morgan fingerprint density at radius 1 is 0.973 bits per heavy atom. The quantitative estimate of drug-likeness (QED) is 0.309. The monoisotopic (exact) mass is 515 g/mol. The highest BCUT2D eigenvalue weighted by atomic mass is 32.2. The number of carbonyl (C=O) groups is 2. The van der Waals surface area contributed by atoms with Gasteiger partial charge in [0.1, 0.15) is 5.75 Å². The Morgan fingerprint density at radius 3 is 2.46 bits per heavy atom. The highest BCUT2D eigenvalue weighted by Crippen LogP contribution is 2.24. The van der Waals surface area contributed by atoms with Gasteiger partial charge in [0, 0.05) is 16.9 Å². The minimum absolute atomic E-state index is 0.133. The summed E-state index contributed by atoms with van der Waals surface area (Å²) in [6.45, 7) is 6.17. The number of benzene rings is 3. The number of nitrogens with zero attached hydrogens (tertiary/aromatic N) is 3. The third kappa shape index (κ3) is 6.37. The number of thioether (sulfide) groups is 1. The molecule has 0 fully saturated rings. The molecule has 190 valence electrons. The van der Waals surface area contributed by atoms with Crippen LogP contribution < -0.4 is 15.4 Å². The molecule has 0 aliphatic carbocycles. The minimum Gasteiger partial charge on any atom is -0.497 e. The van der Waals surface area contributed by atoms with E-state index in [4.69, 9.17) is 4.74 Å². The molecule has 0 aliphatic rings. The first-order valence-corrected chi connectivity index (χ1v) is 12.8. The highest BCUT2D eigenvalue weighted by molar-refractivity contribution is 7.99. The average molecular weight is 516 g/mol. The van der Waals surface area contributed by atoms with Crippen molar-refractivity contribution in [1.82, 2.24) is 20.1 Å². The lowest BCUT2D eigenvalue weighted by Gasteiger charge is -2.12. The Morgan fingerprint density at radius 2 is 1.73 bits per heavy atom. The summed E-state index contributed by atoms with van der Waals surface area (Å²) >= 11 is 1.29. The summed E-state index contributed by atoms with van der Waals surface area (Å²) in [7, 11) is 1.58. The average Bonchev–Trinajstić information content (AvgIpc) is 3.31. The van der Waals surface area contributed by atoms with Crippen LogP contribution in [-0.4, -0.2) is 39.4 Å². The molecule has 4 rings (SSSR count). The van der Waals surface area contributed by atoms with Crippen molar-refractivity contribution in [3.8, 4) is 11.4 Å². The zero-order chi connectivity index (χ0) is 26.4. The Labute approximate surface area is 220 Å². The Bertz CT molecular complexity index is 1420. The summed E-state index contributed by atoms with van der Waals surface area (Å²) in [6.07, 6.45) is 0. The third-order valence-electron chi connectivity index (χ3n) is 5.93. The van der Waals surface area contributed by atoms with Crippen molar-refractivity contribution in [2.75, 3.05) is 18.2 Å². The standard InChI is InChI=1S/C28H29N5O3S/c1-18-7-5-9-22(15-18)33-25(16-29-27(35)21-11-13-23(36-4)14-12-21)31-32-28(33)37-17-26(34)30-24-10-6-8-19(2)20(24)3/h5-15H,16-17H2,1-4H3,(H,29,35)(H,30,34). The fourth-order valence-corrected chi connectivity index (χ4v) is 4.51. The molecule has 37 heavy (non-hydrogen) atoms. The van der Waals surface area contributed by atoms with E-state index in [1.165, 1.54) is 11.8 Å². The minimum atomic E-state index is -0.233. The number of amides is 2. The van der Waals surface area contributed by atoms with Gasteiger partial charge >= 0.3 is 0 Å². The first-order valence-electron chi connectivity index (χ1n) is 11.8. The zero-order valence-corrected chi connectivity index (χ0v) is 22.1. The van der Waals surface area contributed by atoms with Gasteiger partial charge in [-0.15, -0.1) is 10.2 Å². The lowest BCUT2D eigenvalue weighted by molar-refractivity contribution is -0.113. The number of hydrogen-bond acceptors (Lipinski definition) is 6. The summed E-state index contributed by atoms with van der Waals surface area (Å²) in [4.78, 5) is 25.4. The van der Waals surface area contributed by atoms with Crippen LogP contribution in [-0.2, 0) is 11.3 Å². The fraction of sp³-hybridized carbons (Fsp3) is 0.214. The van der Waals surface area contributed by atoms with Crippen LogP contribution in [0.15, 0.2) is 71.9 Å². The largest absolute Gasteiger partial charge is 0.497 e.